The van der Waals surface area contributed by atoms with Gasteiger partial charge in [-0.3, -0.25) is 0 Å². The van der Waals surface area contributed by atoms with E-state index in [1.165, 1.54) is 4.88 Å². The summed E-state index contributed by atoms with van der Waals surface area (Å²) in [6.45, 7) is 4.30. The Morgan fingerprint density at radius 3 is 3.00 bits per heavy atom. The van der Waals surface area contributed by atoms with Crippen molar-refractivity contribution < 1.29 is 0 Å². The van der Waals surface area contributed by atoms with Crippen molar-refractivity contribution in [2.45, 2.75) is 36.4 Å². The van der Waals surface area contributed by atoms with E-state index in [0.29, 0.717) is 6.04 Å². The van der Waals surface area contributed by atoms with Crippen LogP contribution in [-0.2, 0) is 5.75 Å². The number of rotatable bonds is 7. The summed E-state index contributed by atoms with van der Waals surface area (Å²) >= 11 is 6.73. The number of nitrogens with one attached hydrogen (secondary N) is 1. The fraction of sp³-hybridized carbons (Fsp3) is 0.357. The zero-order chi connectivity index (χ0) is 15.4. The van der Waals surface area contributed by atoms with E-state index in [-0.39, 0.29) is 0 Å². The Morgan fingerprint density at radius 2 is 2.23 bits per heavy atom. The smallest absolute Gasteiger partial charge is 0.206 e. The van der Waals surface area contributed by atoms with E-state index in [1.807, 2.05) is 0 Å². The second-order valence-electron chi connectivity index (χ2n) is 4.74. The van der Waals surface area contributed by atoms with Gasteiger partial charge in [0.1, 0.15) is 5.01 Å². The lowest BCUT2D eigenvalue weighted by atomic mass is 10.3. The summed E-state index contributed by atoms with van der Waals surface area (Å²) in [7, 11) is 0. The molecule has 1 atom stereocenters. The van der Waals surface area contributed by atoms with Crippen molar-refractivity contribution in [3.8, 4) is 9.88 Å². The third-order valence-corrected chi connectivity index (χ3v) is 6.97. The second-order valence-corrected chi connectivity index (χ2v) is 8.74. The standard InChI is InChI=1S/C14H16N4S4/c1-3-9(2)15-13-17-18-14(22-13)21-8-10-7-20-12(16-10)11-5-4-6-19-11/h4-7,9H,3,8H2,1-2H3,(H,15,17)/t9-/m1/s1. The Labute approximate surface area is 146 Å². The molecule has 4 nitrogen and oxygen atoms in total. The highest BCUT2D eigenvalue weighted by Gasteiger charge is 2.09. The van der Waals surface area contributed by atoms with Crippen LogP contribution in [0.2, 0.25) is 0 Å². The molecule has 3 rings (SSSR count). The highest BCUT2D eigenvalue weighted by atomic mass is 32.2. The van der Waals surface area contributed by atoms with Crippen LogP contribution in [-0.4, -0.2) is 21.2 Å². The van der Waals surface area contributed by atoms with Gasteiger partial charge >= 0.3 is 0 Å². The van der Waals surface area contributed by atoms with Gasteiger partial charge in [0.25, 0.3) is 0 Å². The third-order valence-electron chi connectivity index (χ3n) is 3.02. The van der Waals surface area contributed by atoms with E-state index in [0.717, 1.165) is 32.3 Å². The van der Waals surface area contributed by atoms with Gasteiger partial charge in [-0.05, 0) is 24.8 Å². The van der Waals surface area contributed by atoms with Crippen LogP contribution in [0.25, 0.3) is 9.88 Å². The van der Waals surface area contributed by atoms with Crippen LogP contribution in [0, 0.1) is 0 Å². The number of hydrogen-bond donors (Lipinski definition) is 1. The minimum absolute atomic E-state index is 0.428. The Hall–Kier alpha value is -0.960. The van der Waals surface area contributed by atoms with Gasteiger partial charge in [0.2, 0.25) is 5.13 Å². The van der Waals surface area contributed by atoms with Crippen molar-refractivity contribution in [2.75, 3.05) is 5.32 Å². The number of thioether (sulfide) groups is 1. The molecule has 0 aliphatic rings. The first-order valence-corrected chi connectivity index (χ1v) is 10.5. The molecule has 0 fully saturated rings. The lowest BCUT2D eigenvalue weighted by Crippen LogP contribution is -2.12. The average molecular weight is 369 g/mol. The van der Waals surface area contributed by atoms with Crippen LogP contribution in [0.5, 0.6) is 0 Å². The molecular formula is C14H16N4S4. The van der Waals surface area contributed by atoms with Crippen LogP contribution in [0.4, 0.5) is 5.13 Å². The Kier molecular flexibility index (Phi) is 5.46. The van der Waals surface area contributed by atoms with Crippen molar-refractivity contribution in [3.05, 3.63) is 28.6 Å². The van der Waals surface area contributed by atoms with E-state index >= 15 is 0 Å². The molecule has 116 valence electrons. The normalized spacial score (nSPS) is 12.5. The highest BCUT2D eigenvalue weighted by Crippen LogP contribution is 2.32. The summed E-state index contributed by atoms with van der Waals surface area (Å²) in [5.41, 5.74) is 1.10. The monoisotopic (exact) mass is 368 g/mol. The number of anilines is 1. The average Bonchev–Trinajstić information content (AvgIpc) is 3.26. The molecule has 0 radical (unpaired) electrons. The lowest BCUT2D eigenvalue weighted by Gasteiger charge is -2.07. The summed E-state index contributed by atoms with van der Waals surface area (Å²) in [6, 6.07) is 4.60. The van der Waals surface area contributed by atoms with Crippen molar-refractivity contribution in [1.82, 2.24) is 15.2 Å². The van der Waals surface area contributed by atoms with Crippen molar-refractivity contribution in [1.29, 1.82) is 0 Å². The first-order chi connectivity index (χ1) is 10.7. The van der Waals surface area contributed by atoms with Gasteiger partial charge in [-0.15, -0.1) is 32.9 Å². The molecule has 0 aliphatic heterocycles. The highest BCUT2D eigenvalue weighted by molar-refractivity contribution is 8.00. The third kappa shape index (κ3) is 4.07. The summed E-state index contributed by atoms with van der Waals surface area (Å²) in [6.07, 6.45) is 1.08. The first-order valence-electron chi connectivity index (χ1n) is 6.95. The number of thiophene rings is 1. The predicted octanol–water partition coefficient (Wildman–Crippen LogP) is 5.23. The fourth-order valence-electron chi connectivity index (χ4n) is 1.66. The zero-order valence-corrected chi connectivity index (χ0v) is 15.5. The summed E-state index contributed by atoms with van der Waals surface area (Å²) < 4.78 is 0.983. The van der Waals surface area contributed by atoms with Gasteiger partial charge in [0, 0.05) is 17.2 Å². The first kappa shape index (κ1) is 15.9. The molecule has 0 amide bonds. The van der Waals surface area contributed by atoms with Crippen molar-refractivity contribution >= 4 is 50.9 Å². The molecule has 3 aromatic rings. The largest absolute Gasteiger partial charge is 0.358 e. The summed E-state index contributed by atoms with van der Waals surface area (Å²) in [5.74, 6) is 0.833. The van der Waals surface area contributed by atoms with Crippen LogP contribution < -0.4 is 5.32 Å². The summed E-state index contributed by atoms with van der Waals surface area (Å²) in [5, 5.41) is 18.0. The Morgan fingerprint density at radius 1 is 1.32 bits per heavy atom. The SMILES string of the molecule is CC[C@@H](C)Nc1nnc(SCc2csc(-c3cccs3)n2)s1. The molecular weight excluding hydrogens is 352 g/mol. The minimum atomic E-state index is 0.428. The molecule has 0 saturated heterocycles. The molecule has 0 saturated carbocycles. The van der Waals surface area contributed by atoms with E-state index in [4.69, 9.17) is 0 Å². The van der Waals surface area contributed by atoms with Crippen LogP contribution in [0.15, 0.2) is 27.2 Å². The van der Waals surface area contributed by atoms with E-state index < -0.39 is 0 Å². The maximum Gasteiger partial charge on any atom is 0.206 e. The van der Waals surface area contributed by atoms with Crippen molar-refractivity contribution in [3.63, 3.8) is 0 Å². The molecule has 0 aliphatic carbocycles. The molecule has 3 heterocycles. The molecule has 3 aromatic heterocycles. The van der Waals surface area contributed by atoms with Gasteiger partial charge in [0.15, 0.2) is 4.34 Å². The zero-order valence-electron chi connectivity index (χ0n) is 12.3. The minimum Gasteiger partial charge on any atom is -0.358 e. The molecule has 0 unspecified atom stereocenters. The fourth-order valence-corrected chi connectivity index (χ4v) is 5.16. The number of nitrogens with zero attached hydrogens (tertiary/aromatic N) is 3. The van der Waals surface area contributed by atoms with Crippen LogP contribution in [0.3, 0.4) is 0 Å². The lowest BCUT2D eigenvalue weighted by molar-refractivity contribution is 0.759. The molecule has 8 heteroatoms. The molecule has 0 aromatic carbocycles. The maximum absolute atomic E-state index is 4.69. The molecule has 0 spiro atoms. The van der Waals surface area contributed by atoms with Gasteiger partial charge in [-0.2, -0.15) is 0 Å². The number of aromatic nitrogens is 3. The number of thiazole rings is 1. The van der Waals surface area contributed by atoms with E-state index in [9.17, 15) is 0 Å². The Balaban J connectivity index is 1.56. The van der Waals surface area contributed by atoms with Crippen LogP contribution in [0.1, 0.15) is 26.0 Å². The maximum atomic E-state index is 4.69. The summed E-state index contributed by atoms with van der Waals surface area (Å²) in [4.78, 5) is 5.92. The quantitative estimate of drug-likeness (QED) is 0.579. The Bertz CT molecular complexity index is 704. The van der Waals surface area contributed by atoms with Gasteiger partial charge in [-0.1, -0.05) is 36.1 Å². The second kappa shape index (κ2) is 7.54. The van der Waals surface area contributed by atoms with Crippen molar-refractivity contribution in [2.24, 2.45) is 0 Å². The molecule has 0 bridgehead atoms. The number of hydrogen-bond acceptors (Lipinski definition) is 8. The van der Waals surface area contributed by atoms with Gasteiger partial charge in [-0.25, -0.2) is 4.98 Å². The predicted molar refractivity (Wildman–Crippen MR) is 98.3 cm³/mol. The topological polar surface area (TPSA) is 50.7 Å². The van der Waals surface area contributed by atoms with Gasteiger partial charge < -0.3 is 5.32 Å². The van der Waals surface area contributed by atoms with Gasteiger partial charge in [0.05, 0.1) is 10.6 Å². The van der Waals surface area contributed by atoms with Crippen LogP contribution >= 0.6 is 45.8 Å². The molecule has 1 N–H and O–H groups in total. The van der Waals surface area contributed by atoms with E-state index in [2.05, 4.69) is 57.2 Å². The molecule has 22 heavy (non-hydrogen) atoms. The van der Waals surface area contributed by atoms with E-state index in [1.54, 1.807) is 45.8 Å².